The largest absolute Gasteiger partial charge is 0.343 e. The van der Waals surface area contributed by atoms with Gasteiger partial charge < -0.3 is 5.32 Å². The van der Waals surface area contributed by atoms with Crippen molar-refractivity contribution in [1.29, 1.82) is 0 Å². The van der Waals surface area contributed by atoms with E-state index >= 15 is 0 Å². The number of benzene rings is 1. The first kappa shape index (κ1) is 19.7. The van der Waals surface area contributed by atoms with Gasteiger partial charge in [-0.15, -0.1) is 0 Å². The van der Waals surface area contributed by atoms with Gasteiger partial charge in [0.1, 0.15) is 0 Å². The summed E-state index contributed by atoms with van der Waals surface area (Å²) >= 11 is 1.43. The Labute approximate surface area is 153 Å². The van der Waals surface area contributed by atoms with Crippen LogP contribution in [0.15, 0.2) is 29.1 Å². The van der Waals surface area contributed by atoms with Crippen LogP contribution in [0.5, 0.6) is 0 Å². The van der Waals surface area contributed by atoms with Crippen molar-refractivity contribution in [1.82, 2.24) is 14.2 Å². The van der Waals surface area contributed by atoms with Crippen LogP contribution in [0.2, 0.25) is 0 Å². The van der Waals surface area contributed by atoms with Crippen LogP contribution in [0, 0.1) is 0 Å². The predicted octanol–water partition coefficient (Wildman–Crippen LogP) is 3.43. The maximum Gasteiger partial charge on any atom is 0.268 e. The molecule has 1 heterocycles. The van der Waals surface area contributed by atoms with E-state index in [-0.39, 0.29) is 11.5 Å². The second-order valence-corrected chi connectivity index (χ2v) is 7.39. The molecular weight excluding hydrogens is 334 g/mol. The van der Waals surface area contributed by atoms with E-state index < -0.39 is 0 Å². The number of carbonyl (C=O) groups excluding carboxylic acids is 1. The first-order valence-electron chi connectivity index (χ1n) is 9.23. The molecule has 0 spiro atoms. The Bertz CT molecular complexity index is 715. The Balaban J connectivity index is 1.82. The van der Waals surface area contributed by atoms with Crippen LogP contribution in [0.3, 0.4) is 0 Å². The highest BCUT2D eigenvalue weighted by Crippen LogP contribution is 2.15. The predicted molar refractivity (Wildman–Crippen MR) is 105 cm³/mol. The fourth-order valence-electron chi connectivity index (χ4n) is 2.69. The zero-order chi connectivity index (χ0) is 18.1. The fraction of sp³-hybridized carbons (Fsp3) is 0.579. The summed E-state index contributed by atoms with van der Waals surface area (Å²) in [6.07, 6.45) is 4.95. The molecule has 1 N–H and O–H groups in total. The van der Waals surface area contributed by atoms with Crippen LogP contribution in [0.4, 0.5) is 0 Å². The molecule has 2 rings (SSSR count). The lowest BCUT2D eigenvalue weighted by Gasteiger charge is -2.22. The summed E-state index contributed by atoms with van der Waals surface area (Å²) in [5.41, 5.74) is 0.000850. The summed E-state index contributed by atoms with van der Waals surface area (Å²) in [5, 5.41) is 3.73. The monoisotopic (exact) mass is 363 g/mol. The standard InChI is InChI=1S/C19H29N3O2S/c1-3-5-12-21(13-6-4-2)15-20-18(23)11-14-22-19(24)16-9-7-8-10-17(16)25-22/h7-10H,3-6,11-15H2,1-2H3,(H,20,23). The van der Waals surface area contributed by atoms with Crippen molar-refractivity contribution < 1.29 is 4.79 Å². The molecule has 0 fully saturated rings. The van der Waals surface area contributed by atoms with Gasteiger partial charge in [-0.1, -0.05) is 50.4 Å². The number of carbonyl (C=O) groups is 1. The lowest BCUT2D eigenvalue weighted by molar-refractivity contribution is -0.122. The molecule has 0 saturated heterocycles. The van der Waals surface area contributed by atoms with Crippen LogP contribution in [0.25, 0.3) is 10.1 Å². The molecule has 0 atom stereocenters. The molecule has 1 amide bonds. The summed E-state index contributed by atoms with van der Waals surface area (Å²) < 4.78 is 2.65. The lowest BCUT2D eigenvalue weighted by atomic mass is 10.3. The quantitative estimate of drug-likeness (QED) is 0.622. The number of fused-ring (bicyclic) bond motifs is 1. The molecule has 5 nitrogen and oxygen atoms in total. The van der Waals surface area contributed by atoms with Gasteiger partial charge in [0, 0.05) is 13.0 Å². The van der Waals surface area contributed by atoms with Gasteiger partial charge in [-0.2, -0.15) is 0 Å². The number of aromatic nitrogens is 1. The average Bonchev–Trinajstić information content (AvgIpc) is 2.95. The van der Waals surface area contributed by atoms with E-state index in [0.717, 1.165) is 48.9 Å². The molecule has 0 radical (unpaired) electrons. The molecule has 25 heavy (non-hydrogen) atoms. The number of nitrogens with one attached hydrogen (secondary N) is 1. The van der Waals surface area contributed by atoms with Crippen molar-refractivity contribution in [2.24, 2.45) is 0 Å². The smallest absolute Gasteiger partial charge is 0.268 e. The van der Waals surface area contributed by atoms with E-state index in [9.17, 15) is 9.59 Å². The normalized spacial score (nSPS) is 11.3. The SMILES string of the molecule is CCCCN(CCCC)CNC(=O)CCn1sc2ccccc2c1=O. The third kappa shape index (κ3) is 5.97. The molecule has 0 aliphatic rings. The zero-order valence-electron chi connectivity index (χ0n) is 15.3. The number of hydrogen-bond donors (Lipinski definition) is 1. The van der Waals surface area contributed by atoms with E-state index in [4.69, 9.17) is 0 Å². The third-order valence-electron chi connectivity index (χ3n) is 4.25. The molecule has 2 aromatic rings. The minimum Gasteiger partial charge on any atom is -0.343 e. The fourth-order valence-corrected chi connectivity index (χ4v) is 3.68. The van der Waals surface area contributed by atoms with Gasteiger partial charge >= 0.3 is 0 Å². The number of unbranched alkanes of at least 4 members (excludes halogenated alkanes) is 2. The topological polar surface area (TPSA) is 54.3 Å². The summed E-state index contributed by atoms with van der Waals surface area (Å²) in [6.45, 7) is 7.44. The van der Waals surface area contributed by atoms with E-state index in [1.807, 2.05) is 24.3 Å². The molecule has 0 bridgehead atoms. The van der Waals surface area contributed by atoms with Crippen LogP contribution in [0.1, 0.15) is 46.0 Å². The maximum atomic E-state index is 12.3. The maximum absolute atomic E-state index is 12.3. The first-order valence-corrected chi connectivity index (χ1v) is 10.0. The minimum absolute atomic E-state index is 0.000850. The lowest BCUT2D eigenvalue weighted by Crippen LogP contribution is -2.39. The first-order chi connectivity index (χ1) is 12.2. The molecule has 0 unspecified atom stereocenters. The molecular formula is C19H29N3O2S. The van der Waals surface area contributed by atoms with Crippen LogP contribution in [-0.4, -0.2) is 34.5 Å². The molecule has 0 saturated carbocycles. The van der Waals surface area contributed by atoms with E-state index in [0.29, 0.717) is 19.6 Å². The van der Waals surface area contributed by atoms with Crippen molar-refractivity contribution in [2.75, 3.05) is 19.8 Å². The summed E-state index contributed by atoms with van der Waals surface area (Å²) in [4.78, 5) is 26.7. The van der Waals surface area contributed by atoms with Crippen LogP contribution >= 0.6 is 11.5 Å². The van der Waals surface area contributed by atoms with Crippen molar-refractivity contribution in [3.05, 3.63) is 34.6 Å². The third-order valence-corrected chi connectivity index (χ3v) is 5.37. The summed E-state index contributed by atoms with van der Waals surface area (Å²) in [7, 11) is 0. The van der Waals surface area contributed by atoms with Crippen molar-refractivity contribution in [2.45, 2.75) is 52.5 Å². The van der Waals surface area contributed by atoms with Crippen LogP contribution < -0.4 is 10.9 Å². The summed E-state index contributed by atoms with van der Waals surface area (Å²) in [6, 6.07) is 7.58. The zero-order valence-corrected chi connectivity index (χ0v) is 16.1. The Morgan fingerprint density at radius 1 is 1.16 bits per heavy atom. The Hall–Kier alpha value is -1.66. The summed E-state index contributed by atoms with van der Waals surface area (Å²) in [5.74, 6) is 0.00218. The molecule has 138 valence electrons. The van der Waals surface area contributed by atoms with E-state index in [1.54, 1.807) is 3.96 Å². The second-order valence-electron chi connectivity index (χ2n) is 6.33. The molecule has 0 aliphatic carbocycles. The highest BCUT2D eigenvalue weighted by molar-refractivity contribution is 7.13. The average molecular weight is 364 g/mol. The van der Waals surface area contributed by atoms with Gasteiger partial charge in [0.15, 0.2) is 0 Å². The van der Waals surface area contributed by atoms with E-state index in [1.165, 1.54) is 11.5 Å². The van der Waals surface area contributed by atoms with Crippen LogP contribution in [-0.2, 0) is 11.3 Å². The van der Waals surface area contributed by atoms with Gasteiger partial charge in [0.05, 0.1) is 16.8 Å². The molecule has 0 aliphatic heterocycles. The van der Waals surface area contributed by atoms with Crippen molar-refractivity contribution >= 4 is 27.5 Å². The highest BCUT2D eigenvalue weighted by atomic mass is 32.1. The van der Waals surface area contributed by atoms with Gasteiger partial charge in [-0.25, -0.2) is 0 Å². The van der Waals surface area contributed by atoms with Gasteiger partial charge in [0.2, 0.25) is 5.91 Å². The Morgan fingerprint density at radius 2 is 1.84 bits per heavy atom. The Kier molecular flexibility index (Phi) is 8.15. The van der Waals surface area contributed by atoms with Crippen molar-refractivity contribution in [3.8, 4) is 0 Å². The highest BCUT2D eigenvalue weighted by Gasteiger charge is 2.10. The Morgan fingerprint density at radius 3 is 2.48 bits per heavy atom. The number of aryl methyl sites for hydroxylation is 1. The second kappa shape index (κ2) is 10.4. The molecule has 1 aromatic heterocycles. The number of nitrogens with zero attached hydrogens (tertiary/aromatic N) is 2. The number of amides is 1. The van der Waals surface area contributed by atoms with Crippen molar-refractivity contribution in [3.63, 3.8) is 0 Å². The molecule has 1 aromatic carbocycles. The minimum atomic E-state index is 0.000850. The number of hydrogen-bond acceptors (Lipinski definition) is 4. The van der Waals surface area contributed by atoms with Gasteiger partial charge in [0.25, 0.3) is 5.56 Å². The van der Waals surface area contributed by atoms with Gasteiger partial charge in [-0.3, -0.25) is 18.4 Å². The van der Waals surface area contributed by atoms with E-state index in [2.05, 4.69) is 24.1 Å². The number of rotatable bonds is 11. The molecule has 6 heteroatoms. The van der Waals surface area contributed by atoms with Gasteiger partial charge in [-0.05, 0) is 38.1 Å².